The molecule has 8 nitrogen and oxygen atoms in total. The number of carbonyl (C=O) groups excluding carboxylic acids is 1. The van der Waals surface area contributed by atoms with Gasteiger partial charge >= 0.3 is 0 Å². The smallest absolute Gasteiger partial charge is 0.254 e. The summed E-state index contributed by atoms with van der Waals surface area (Å²) in [6.45, 7) is 7.87. The molecule has 1 aromatic heterocycles. The quantitative estimate of drug-likeness (QED) is 0.339. The molecule has 2 aromatic carbocycles. The predicted molar refractivity (Wildman–Crippen MR) is 142 cm³/mol. The molecule has 200 valence electrons. The van der Waals surface area contributed by atoms with Crippen molar-refractivity contribution in [3.8, 4) is 11.5 Å². The fourth-order valence-corrected chi connectivity index (χ4v) is 4.65. The van der Waals surface area contributed by atoms with Gasteiger partial charge in [0.1, 0.15) is 5.58 Å². The van der Waals surface area contributed by atoms with Crippen molar-refractivity contribution in [2.24, 2.45) is 5.92 Å². The number of furan rings is 1. The summed E-state index contributed by atoms with van der Waals surface area (Å²) in [7, 11) is 3.26. The highest BCUT2D eigenvalue weighted by Crippen LogP contribution is 2.29. The molecular weight excluding hydrogens is 472 g/mol. The van der Waals surface area contributed by atoms with E-state index in [9.17, 15) is 4.79 Å². The maximum atomic E-state index is 13.6. The minimum absolute atomic E-state index is 0.0182. The Hall–Kier alpha value is -3.07. The summed E-state index contributed by atoms with van der Waals surface area (Å²) in [5, 5.41) is 4.51. The number of carbonyl (C=O) groups is 1. The lowest BCUT2D eigenvalue weighted by molar-refractivity contribution is 0.0129. The van der Waals surface area contributed by atoms with E-state index in [1.807, 2.05) is 36.9 Å². The summed E-state index contributed by atoms with van der Waals surface area (Å²) >= 11 is 0. The van der Waals surface area contributed by atoms with E-state index < -0.39 is 0 Å². The number of methoxy groups -OCH3 is 2. The van der Waals surface area contributed by atoms with E-state index in [0.717, 1.165) is 36.0 Å². The molecule has 0 bridgehead atoms. The maximum absolute atomic E-state index is 13.6. The van der Waals surface area contributed by atoms with Crippen LogP contribution in [0.1, 0.15) is 36.2 Å². The number of nitrogens with zero attached hydrogens (tertiary/aromatic N) is 1. The van der Waals surface area contributed by atoms with Gasteiger partial charge in [0.2, 0.25) is 0 Å². The summed E-state index contributed by atoms with van der Waals surface area (Å²) in [6.07, 6.45) is 2.47. The summed E-state index contributed by atoms with van der Waals surface area (Å²) in [6, 6.07) is 13.5. The van der Waals surface area contributed by atoms with Gasteiger partial charge in [-0.05, 0) is 55.8 Å². The van der Waals surface area contributed by atoms with Crippen LogP contribution in [0.25, 0.3) is 11.0 Å². The molecule has 3 aromatic rings. The third-order valence-electron chi connectivity index (χ3n) is 6.74. The topological polar surface area (TPSA) is 82.4 Å². The number of rotatable bonds is 13. The third kappa shape index (κ3) is 6.83. The molecule has 2 atom stereocenters. The Morgan fingerprint density at radius 2 is 1.95 bits per heavy atom. The lowest BCUT2D eigenvalue weighted by atomic mass is 10.0. The van der Waals surface area contributed by atoms with E-state index in [-0.39, 0.29) is 24.0 Å². The summed E-state index contributed by atoms with van der Waals surface area (Å²) in [5.41, 5.74) is 2.55. The lowest BCUT2D eigenvalue weighted by Gasteiger charge is -2.31. The Morgan fingerprint density at radius 1 is 1.08 bits per heavy atom. The number of hydrogen-bond acceptors (Lipinski definition) is 7. The van der Waals surface area contributed by atoms with Gasteiger partial charge in [0.25, 0.3) is 5.91 Å². The molecule has 0 aliphatic carbocycles. The predicted octanol–water partition coefficient (Wildman–Crippen LogP) is 4.51. The Labute approximate surface area is 218 Å². The molecule has 2 heterocycles. The van der Waals surface area contributed by atoms with E-state index in [0.29, 0.717) is 43.4 Å². The second-order valence-corrected chi connectivity index (χ2v) is 9.67. The zero-order valence-corrected chi connectivity index (χ0v) is 22.2. The van der Waals surface area contributed by atoms with Crippen LogP contribution in [0.2, 0.25) is 0 Å². The van der Waals surface area contributed by atoms with Gasteiger partial charge in [-0.1, -0.05) is 6.07 Å². The molecule has 0 saturated carbocycles. The molecule has 2 unspecified atom stereocenters. The molecule has 1 aliphatic rings. The van der Waals surface area contributed by atoms with Crippen molar-refractivity contribution >= 4 is 16.9 Å². The van der Waals surface area contributed by atoms with Crippen LogP contribution in [0.3, 0.4) is 0 Å². The number of ether oxygens (including phenoxy) is 4. The molecular formula is C29H38N2O6. The van der Waals surface area contributed by atoms with E-state index >= 15 is 0 Å². The average molecular weight is 511 g/mol. The van der Waals surface area contributed by atoms with Gasteiger partial charge in [0.05, 0.1) is 32.7 Å². The summed E-state index contributed by atoms with van der Waals surface area (Å²) < 4.78 is 28.2. The molecule has 4 rings (SSSR count). The van der Waals surface area contributed by atoms with E-state index in [1.165, 1.54) is 0 Å². The zero-order valence-electron chi connectivity index (χ0n) is 22.2. The average Bonchev–Trinajstić information content (AvgIpc) is 3.56. The Bertz CT molecular complexity index is 1160. The van der Waals surface area contributed by atoms with Crippen molar-refractivity contribution in [3.63, 3.8) is 0 Å². The van der Waals surface area contributed by atoms with Crippen LogP contribution >= 0.6 is 0 Å². The molecule has 37 heavy (non-hydrogen) atoms. The van der Waals surface area contributed by atoms with Crippen LogP contribution in [0.4, 0.5) is 0 Å². The highest BCUT2D eigenvalue weighted by molar-refractivity contribution is 5.95. The van der Waals surface area contributed by atoms with Gasteiger partial charge < -0.3 is 33.6 Å². The number of fused-ring (bicyclic) bond motifs is 1. The second-order valence-electron chi connectivity index (χ2n) is 9.67. The first-order chi connectivity index (χ1) is 18.0. The van der Waals surface area contributed by atoms with Gasteiger partial charge in [-0.2, -0.15) is 0 Å². The highest BCUT2D eigenvalue weighted by Gasteiger charge is 2.32. The van der Waals surface area contributed by atoms with Crippen LogP contribution in [0.5, 0.6) is 11.5 Å². The molecule has 1 saturated heterocycles. The van der Waals surface area contributed by atoms with Gasteiger partial charge in [0.15, 0.2) is 11.5 Å². The van der Waals surface area contributed by atoms with Crippen molar-refractivity contribution in [1.29, 1.82) is 0 Å². The largest absolute Gasteiger partial charge is 0.493 e. The third-order valence-corrected chi connectivity index (χ3v) is 6.74. The first-order valence-electron chi connectivity index (χ1n) is 12.9. The van der Waals surface area contributed by atoms with Crippen LogP contribution in [0, 0.1) is 5.92 Å². The lowest BCUT2D eigenvalue weighted by Crippen LogP contribution is -2.43. The standard InChI is InChI=1S/C29H38N2O6/c1-20(2)31(29(32)23-7-9-26(34-4)27(15-23)35-12-5-11-33-3)18-24-16-30-17-28(24)37-19-21-6-8-25-22(14-21)10-13-36-25/h6-10,13-15,20,24,28,30H,5,11-12,16-19H2,1-4H3. The maximum Gasteiger partial charge on any atom is 0.254 e. The van der Waals surface area contributed by atoms with Gasteiger partial charge in [-0.25, -0.2) is 0 Å². The van der Waals surface area contributed by atoms with Gasteiger partial charge in [0, 0.05) is 62.7 Å². The fourth-order valence-electron chi connectivity index (χ4n) is 4.65. The van der Waals surface area contributed by atoms with Crippen LogP contribution < -0.4 is 14.8 Å². The van der Waals surface area contributed by atoms with E-state index in [1.54, 1.807) is 38.7 Å². The molecule has 1 aliphatic heterocycles. The Balaban J connectivity index is 1.41. The van der Waals surface area contributed by atoms with Gasteiger partial charge in [-0.3, -0.25) is 4.79 Å². The molecule has 0 radical (unpaired) electrons. The second kappa shape index (κ2) is 12.9. The SMILES string of the molecule is COCCCOc1cc(C(=O)N(CC2CNCC2OCc2ccc3occc3c2)C(C)C)ccc1OC. The van der Waals surface area contributed by atoms with Crippen molar-refractivity contribution in [2.45, 2.75) is 39.0 Å². The highest BCUT2D eigenvalue weighted by atomic mass is 16.5. The molecule has 1 N–H and O–H groups in total. The molecule has 0 spiro atoms. The van der Waals surface area contributed by atoms with Crippen LogP contribution in [0.15, 0.2) is 53.1 Å². The number of nitrogens with one attached hydrogen (secondary N) is 1. The summed E-state index contributed by atoms with van der Waals surface area (Å²) in [5.74, 6) is 1.32. The molecule has 1 amide bonds. The number of hydrogen-bond donors (Lipinski definition) is 1. The molecule has 1 fully saturated rings. The van der Waals surface area contributed by atoms with E-state index in [2.05, 4.69) is 11.4 Å². The van der Waals surface area contributed by atoms with E-state index in [4.69, 9.17) is 23.4 Å². The zero-order chi connectivity index (χ0) is 26.2. The normalized spacial score (nSPS) is 17.4. The molecule has 8 heteroatoms. The minimum atomic E-state index is -0.0320. The van der Waals surface area contributed by atoms with Crippen LogP contribution in [-0.2, 0) is 16.1 Å². The van der Waals surface area contributed by atoms with Gasteiger partial charge in [-0.15, -0.1) is 0 Å². The Kier molecular flexibility index (Phi) is 9.44. The minimum Gasteiger partial charge on any atom is -0.493 e. The monoisotopic (exact) mass is 510 g/mol. The first-order valence-corrected chi connectivity index (χ1v) is 12.9. The van der Waals surface area contributed by atoms with Crippen molar-refractivity contribution < 1.29 is 28.2 Å². The fraction of sp³-hybridized carbons (Fsp3) is 0.483. The summed E-state index contributed by atoms with van der Waals surface area (Å²) in [4.78, 5) is 15.5. The Morgan fingerprint density at radius 3 is 2.73 bits per heavy atom. The van der Waals surface area contributed by atoms with Crippen LogP contribution in [-0.4, -0.2) is 70.0 Å². The number of amides is 1. The van der Waals surface area contributed by atoms with Crippen molar-refractivity contribution in [3.05, 3.63) is 59.9 Å². The number of benzene rings is 2. The van der Waals surface area contributed by atoms with Crippen molar-refractivity contribution in [1.82, 2.24) is 10.2 Å². The first kappa shape index (κ1) is 27.0. The van der Waals surface area contributed by atoms with Crippen molar-refractivity contribution in [2.75, 3.05) is 47.1 Å².